The zero-order valence-electron chi connectivity index (χ0n) is 12.7. The average molecular weight is 264 g/mol. The molecule has 0 amide bonds. The van der Waals surface area contributed by atoms with E-state index in [0.717, 1.165) is 23.9 Å². The van der Waals surface area contributed by atoms with Crippen molar-refractivity contribution < 1.29 is 4.74 Å². The standard InChI is InChI=1S/C16H28N2O/c1-12(2)8-5-6-11-18-14-9-7-10-15(16(14)17)19-13(3)4/h7,9-10,12-13,18H,5-6,8,11,17H2,1-4H3. The van der Waals surface area contributed by atoms with Crippen LogP contribution in [-0.2, 0) is 0 Å². The first-order valence-corrected chi connectivity index (χ1v) is 7.29. The molecule has 0 heterocycles. The minimum atomic E-state index is 0.142. The molecule has 0 unspecified atom stereocenters. The number of hydrogen-bond donors (Lipinski definition) is 2. The van der Waals surface area contributed by atoms with Gasteiger partial charge in [-0.15, -0.1) is 0 Å². The second kappa shape index (κ2) is 7.93. The molecule has 0 aromatic heterocycles. The third-order valence-corrected chi connectivity index (χ3v) is 2.95. The van der Waals surface area contributed by atoms with Crippen LogP contribution in [0.5, 0.6) is 5.75 Å². The second-order valence-electron chi connectivity index (χ2n) is 5.70. The van der Waals surface area contributed by atoms with Crippen molar-refractivity contribution in [3.63, 3.8) is 0 Å². The van der Waals surface area contributed by atoms with Crippen LogP contribution in [0.4, 0.5) is 11.4 Å². The quantitative estimate of drug-likeness (QED) is 0.544. The summed E-state index contributed by atoms with van der Waals surface area (Å²) < 4.78 is 5.68. The van der Waals surface area contributed by atoms with E-state index in [-0.39, 0.29) is 6.10 Å². The highest BCUT2D eigenvalue weighted by Gasteiger charge is 2.07. The van der Waals surface area contributed by atoms with Crippen molar-refractivity contribution in [3.05, 3.63) is 18.2 Å². The average Bonchev–Trinajstić information content (AvgIpc) is 2.32. The van der Waals surface area contributed by atoms with Crippen LogP contribution >= 0.6 is 0 Å². The number of rotatable bonds is 8. The summed E-state index contributed by atoms with van der Waals surface area (Å²) in [4.78, 5) is 0. The largest absolute Gasteiger partial charge is 0.489 e. The Morgan fingerprint density at radius 1 is 1.16 bits per heavy atom. The van der Waals surface area contributed by atoms with Gasteiger partial charge in [0.2, 0.25) is 0 Å². The fraction of sp³-hybridized carbons (Fsp3) is 0.625. The van der Waals surface area contributed by atoms with Crippen LogP contribution in [0.1, 0.15) is 47.0 Å². The number of ether oxygens (including phenoxy) is 1. The van der Waals surface area contributed by atoms with Crippen molar-refractivity contribution in [1.82, 2.24) is 0 Å². The number of para-hydroxylation sites is 1. The van der Waals surface area contributed by atoms with Crippen molar-refractivity contribution in [2.24, 2.45) is 5.92 Å². The molecule has 0 radical (unpaired) electrons. The van der Waals surface area contributed by atoms with Gasteiger partial charge < -0.3 is 15.8 Å². The van der Waals surface area contributed by atoms with Gasteiger partial charge in [0.05, 0.1) is 17.5 Å². The Morgan fingerprint density at radius 3 is 2.53 bits per heavy atom. The fourth-order valence-electron chi connectivity index (χ4n) is 1.96. The molecule has 0 saturated carbocycles. The molecule has 108 valence electrons. The molecule has 3 N–H and O–H groups in total. The molecular weight excluding hydrogens is 236 g/mol. The highest BCUT2D eigenvalue weighted by Crippen LogP contribution is 2.30. The molecule has 3 nitrogen and oxygen atoms in total. The fourth-order valence-corrected chi connectivity index (χ4v) is 1.96. The molecule has 0 fully saturated rings. The van der Waals surface area contributed by atoms with E-state index in [2.05, 4.69) is 19.2 Å². The number of anilines is 2. The first-order valence-electron chi connectivity index (χ1n) is 7.29. The molecular formula is C16H28N2O. The zero-order chi connectivity index (χ0) is 14.3. The van der Waals surface area contributed by atoms with E-state index in [4.69, 9.17) is 10.5 Å². The van der Waals surface area contributed by atoms with Crippen molar-refractivity contribution in [2.45, 2.75) is 53.1 Å². The van der Waals surface area contributed by atoms with E-state index in [1.807, 2.05) is 32.0 Å². The molecule has 1 aromatic rings. The summed E-state index contributed by atoms with van der Waals surface area (Å²) in [7, 11) is 0. The second-order valence-corrected chi connectivity index (χ2v) is 5.70. The maximum Gasteiger partial charge on any atom is 0.144 e. The van der Waals surface area contributed by atoms with Gasteiger partial charge in [0.25, 0.3) is 0 Å². The summed E-state index contributed by atoms with van der Waals surface area (Å²) >= 11 is 0. The van der Waals surface area contributed by atoms with Crippen molar-refractivity contribution in [2.75, 3.05) is 17.6 Å². The Kier molecular flexibility index (Phi) is 6.54. The van der Waals surface area contributed by atoms with Gasteiger partial charge in [-0.05, 0) is 38.3 Å². The van der Waals surface area contributed by atoms with Crippen LogP contribution in [-0.4, -0.2) is 12.6 Å². The lowest BCUT2D eigenvalue weighted by atomic mass is 10.1. The Labute approximate surface area is 117 Å². The lowest BCUT2D eigenvalue weighted by molar-refractivity contribution is 0.244. The number of hydrogen-bond acceptors (Lipinski definition) is 3. The number of nitrogens with one attached hydrogen (secondary N) is 1. The number of unbranched alkanes of at least 4 members (excludes halogenated alkanes) is 1. The van der Waals surface area contributed by atoms with Crippen LogP contribution in [0.3, 0.4) is 0 Å². The Hall–Kier alpha value is -1.38. The first kappa shape index (κ1) is 15.7. The maximum atomic E-state index is 6.11. The van der Waals surface area contributed by atoms with Crippen LogP contribution < -0.4 is 15.8 Å². The Morgan fingerprint density at radius 2 is 1.89 bits per heavy atom. The lowest BCUT2D eigenvalue weighted by Gasteiger charge is -2.15. The van der Waals surface area contributed by atoms with Gasteiger partial charge in [-0.25, -0.2) is 0 Å². The molecule has 0 atom stereocenters. The minimum absolute atomic E-state index is 0.142. The summed E-state index contributed by atoms with van der Waals surface area (Å²) in [5.41, 5.74) is 7.79. The molecule has 0 spiro atoms. The van der Waals surface area contributed by atoms with Crippen LogP contribution in [0.25, 0.3) is 0 Å². The van der Waals surface area contributed by atoms with E-state index in [9.17, 15) is 0 Å². The van der Waals surface area contributed by atoms with Crippen molar-refractivity contribution in [1.29, 1.82) is 0 Å². The predicted molar refractivity (Wildman–Crippen MR) is 83.8 cm³/mol. The van der Waals surface area contributed by atoms with Crippen molar-refractivity contribution in [3.8, 4) is 5.75 Å². The summed E-state index contributed by atoms with van der Waals surface area (Å²) in [5.74, 6) is 1.55. The van der Waals surface area contributed by atoms with Gasteiger partial charge >= 0.3 is 0 Å². The smallest absolute Gasteiger partial charge is 0.144 e. The molecule has 19 heavy (non-hydrogen) atoms. The van der Waals surface area contributed by atoms with E-state index < -0.39 is 0 Å². The van der Waals surface area contributed by atoms with Gasteiger partial charge in [-0.1, -0.05) is 32.8 Å². The molecule has 0 bridgehead atoms. The minimum Gasteiger partial charge on any atom is -0.489 e. The maximum absolute atomic E-state index is 6.11. The van der Waals surface area contributed by atoms with E-state index in [1.165, 1.54) is 19.3 Å². The summed E-state index contributed by atoms with van der Waals surface area (Å²) in [5, 5.41) is 3.40. The summed E-state index contributed by atoms with van der Waals surface area (Å²) in [6.07, 6.45) is 3.86. The normalized spacial score (nSPS) is 11.1. The number of nitrogens with two attached hydrogens (primary N) is 1. The monoisotopic (exact) mass is 264 g/mol. The van der Waals surface area contributed by atoms with Gasteiger partial charge in [-0.3, -0.25) is 0 Å². The number of nitrogen functional groups attached to an aromatic ring is 1. The zero-order valence-corrected chi connectivity index (χ0v) is 12.7. The highest BCUT2D eigenvalue weighted by atomic mass is 16.5. The SMILES string of the molecule is CC(C)CCCCNc1cccc(OC(C)C)c1N. The van der Waals surface area contributed by atoms with E-state index in [1.54, 1.807) is 0 Å². The summed E-state index contributed by atoms with van der Waals surface area (Å²) in [6.45, 7) is 9.50. The highest BCUT2D eigenvalue weighted by molar-refractivity contribution is 5.72. The van der Waals surface area contributed by atoms with Crippen molar-refractivity contribution >= 4 is 11.4 Å². The molecule has 0 aliphatic carbocycles. The topological polar surface area (TPSA) is 47.3 Å². The molecule has 1 aromatic carbocycles. The Balaban J connectivity index is 2.45. The van der Waals surface area contributed by atoms with Gasteiger partial charge in [-0.2, -0.15) is 0 Å². The molecule has 0 aliphatic rings. The van der Waals surface area contributed by atoms with E-state index >= 15 is 0 Å². The van der Waals surface area contributed by atoms with Gasteiger partial charge in [0.1, 0.15) is 5.75 Å². The van der Waals surface area contributed by atoms with Crippen LogP contribution in [0.15, 0.2) is 18.2 Å². The third-order valence-electron chi connectivity index (χ3n) is 2.95. The van der Waals surface area contributed by atoms with Gasteiger partial charge in [0, 0.05) is 6.54 Å². The molecule has 3 heteroatoms. The Bertz CT molecular complexity index is 375. The van der Waals surface area contributed by atoms with Gasteiger partial charge in [0.15, 0.2) is 0 Å². The van der Waals surface area contributed by atoms with E-state index in [0.29, 0.717) is 5.69 Å². The predicted octanol–water partition coefficient (Wildman–Crippen LogP) is 4.29. The molecule has 1 rings (SSSR count). The van der Waals surface area contributed by atoms with Crippen LogP contribution in [0, 0.1) is 5.92 Å². The van der Waals surface area contributed by atoms with Crippen LogP contribution in [0.2, 0.25) is 0 Å². The molecule has 0 aliphatic heterocycles. The summed E-state index contributed by atoms with van der Waals surface area (Å²) in [6, 6.07) is 5.90. The first-order chi connectivity index (χ1) is 9.00. The third kappa shape index (κ3) is 5.86. The molecule has 0 saturated heterocycles. The number of benzene rings is 1. The lowest BCUT2D eigenvalue weighted by Crippen LogP contribution is -2.10.